The van der Waals surface area contributed by atoms with E-state index in [4.69, 9.17) is 9.57 Å². The number of nitrogens with zero attached hydrogens (tertiary/aromatic N) is 2. The average Bonchev–Trinajstić information content (AvgIpc) is 3.17. The molecule has 0 aliphatic carbocycles. The van der Waals surface area contributed by atoms with Gasteiger partial charge in [0.1, 0.15) is 5.75 Å². The monoisotopic (exact) mass is 379 g/mol. The van der Waals surface area contributed by atoms with Crippen molar-refractivity contribution in [1.82, 2.24) is 4.90 Å². The first-order chi connectivity index (χ1) is 13.6. The number of oxime groups is 1. The lowest BCUT2D eigenvalue weighted by Crippen LogP contribution is -2.40. The highest BCUT2D eigenvalue weighted by Gasteiger charge is 2.26. The maximum atomic E-state index is 12.8. The topological polar surface area (TPSA) is 63.2 Å². The molecule has 1 aliphatic rings. The summed E-state index contributed by atoms with van der Waals surface area (Å²) in [5, 5.41) is 7.10. The van der Waals surface area contributed by atoms with Gasteiger partial charge in [-0.15, -0.1) is 6.58 Å². The van der Waals surface area contributed by atoms with Crippen LogP contribution in [0.25, 0.3) is 0 Å². The Labute approximate surface area is 165 Å². The minimum atomic E-state index is -0.239. The molecule has 1 heterocycles. The molecule has 1 atom stereocenters. The number of methoxy groups -OCH3 is 1. The normalized spacial score (nSPS) is 15.4. The Morgan fingerprint density at radius 3 is 2.79 bits per heavy atom. The van der Waals surface area contributed by atoms with Crippen LogP contribution in [0.5, 0.6) is 5.75 Å². The molecule has 28 heavy (non-hydrogen) atoms. The number of amides is 2. The number of rotatable bonds is 7. The van der Waals surface area contributed by atoms with Crippen molar-refractivity contribution in [1.29, 1.82) is 0 Å². The third kappa shape index (κ3) is 4.71. The van der Waals surface area contributed by atoms with Crippen LogP contribution in [0.1, 0.15) is 17.5 Å². The molecular weight excluding hydrogens is 354 g/mol. The smallest absolute Gasteiger partial charge is 0.322 e. The van der Waals surface area contributed by atoms with Crippen molar-refractivity contribution in [2.45, 2.75) is 19.4 Å². The molecule has 2 amide bonds. The zero-order valence-electron chi connectivity index (χ0n) is 16.2. The maximum Gasteiger partial charge on any atom is 0.322 e. The van der Waals surface area contributed by atoms with Gasteiger partial charge < -0.3 is 19.8 Å². The van der Waals surface area contributed by atoms with Gasteiger partial charge >= 0.3 is 6.03 Å². The van der Waals surface area contributed by atoms with E-state index < -0.39 is 0 Å². The molecule has 0 aromatic heterocycles. The Kier molecular flexibility index (Phi) is 6.32. The number of benzene rings is 2. The number of carbonyl (C=O) groups is 1. The van der Waals surface area contributed by atoms with E-state index in [1.807, 2.05) is 31.2 Å². The van der Waals surface area contributed by atoms with E-state index in [0.717, 1.165) is 11.3 Å². The number of carbonyl (C=O) groups excluding carboxylic acids is 1. The van der Waals surface area contributed by atoms with Crippen LogP contribution in [0, 0.1) is 6.92 Å². The fourth-order valence-electron chi connectivity index (χ4n) is 3.03. The van der Waals surface area contributed by atoms with Gasteiger partial charge in [-0.2, -0.15) is 0 Å². The summed E-state index contributed by atoms with van der Waals surface area (Å²) >= 11 is 0. The molecule has 146 valence electrons. The second kappa shape index (κ2) is 9.08. The van der Waals surface area contributed by atoms with E-state index >= 15 is 0 Å². The highest BCUT2D eigenvalue weighted by Crippen LogP contribution is 2.24. The van der Waals surface area contributed by atoms with Crippen LogP contribution in [-0.2, 0) is 4.84 Å². The Hall–Kier alpha value is -3.28. The average molecular weight is 379 g/mol. The summed E-state index contributed by atoms with van der Waals surface area (Å²) in [5.41, 5.74) is 3.76. The molecule has 3 rings (SSSR count). The summed E-state index contributed by atoms with van der Waals surface area (Å²) in [6.07, 6.45) is 2.15. The zero-order chi connectivity index (χ0) is 19.9. The molecule has 0 saturated carbocycles. The first-order valence-electron chi connectivity index (χ1n) is 9.20. The van der Waals surface area contributed by atoms with Crippen LogP contribution >= 0.6 is 0 Å². The molecule has 0 spiro atoms. The summed E-state index contributed by atoms with van der Waals surface area (Å²) in [5.74, 6) is 0.608. The Balaban J connectivity index is 1.62. The predicted molar refractivity (Wildman–Crippen MR) is 111 cm³/mol. The largest absolute Gasteiger partial charge is 0.495 e. The molecule has 1 aliphatic heterocycles. The van der Waals surface area contributed by atoms with Crippen LogP contribution < -0.4 is 10.1 Å². The molecule has 0 unspecified atom stereocenters. The van der Waals surface area contributed by atoms with Gasteiger partial charge in [-0.05, 0) is 24.6 Å². The highest BCUT2D eigenvalue weighted by molar-refractivity contribution is 6.01. The summed E-state index contributed by atoms with van der Waals surface area (Å²) in [6, 6.07) is 15.2. The Morgan fingerprint density at radius 1 is 1.32 bits per heavy atom. The molecule has 6 nitrogen and oxygen atoms in total. The molecular formula is C22H25N3O3. The molecule has 2 aromatic rings. The Bertz CT molecular complexity index is 862. The third-order valence-corrected chi connectivity index (χ3v) is 4.53. The number of para-hydroxylation sites is 2. The standard InChI is InChI=1S/C22H25N3O3/c1-4-13-25(22(26)23-19-7-5-6-8-21(19)27-3)15-18-14-20(24-28-18)17-11-9-16(2)10-12-17/h4-12,18H,1,13-15H2,2-3H3,(H,23,26)/t18-/m0/s1. The summed E-state index contributed by atoms with van der Waals surface area (Å²) in [7, 11) is 1.57. The summed E-state index contributed by atoms with van der Waals surface area (Å²) < 4.78 is 5.29. The molecule has 0 radical (unpaired) electrons. The van der Waals surface area contributed by atoms with Crippen molar-refractivity contribution in [3.8, 4) is 5.75 Å². The van der Waals surface area contributed by atoms with Crippen molar-refractivity contribution >= 4 is 17.4 Å². The fraction of sp³-hybridized carbons (Fsp3) is 0.273. The highest BCUT2D eigenvalue weighted by atomic mass is 16.6. The van der Waals surface area contributed by atoms with Gasteiger partial charge in [-0.1, -0.05) is 53.2 Å². The van der Waals surface area contributed by atoms with Crippen molar-refractivity contribution in [2.75, 3.05) is 25.5 Å². The maximum absolute atomic E-state index is 12.8. The van der Waals surface area contributed by atoms with Gasteiger partial charge in [0.15, 0.2) is 6.10 Å². The summed E-state index contributed by atoms with van der Waals surface area (Å²) in [4.78, 5) is 20.0. The van der Waals surface area contributed by atoms with E-state index in [0.29, 0.717) is 30.9 Å². The number of nitrogens with one attached hydrogen (secondary N) is 1. The zero-order valence-corrected chi connectivity index (χ0v) is 16.2. The predicted octanol–water partition coefficient (Wildman–Crippen LogP) is 4.22. The van der Waals surface area contributed by atoms with E-state index in [-0.39, 0.29) is 12.1 Å². The molecule has 2 aromatic carbocycles. The van der Waals surface area contributed by atoms with Gasteiger partial charge in [-0.3, -0.25) is 0 Å². The molecule has 0 fully saturated rings. The van der Waals surface area contributed by atoms with Crippen molar-refractivity contribution < 1.29 is 14.4 Å². The van der Waals surface area contributed by atoms with Crippen molar-refractivity contribution in [3.05, 3.63) is 72.3 Å². The lowest BCUT2D eigenvalue weighted by molar-refractivity contribution is 0.0645. The van der Waals surface area contributed by atoms with Gasteiger partial charge in [0.05, 0.1) is 25.1 Å². The number of hydrogen-bond donors (Lipinski definition) is 1. The fourth-order valence-corrected chi connectivity index (χ4v) is 3.03. The van der Waals surface area contributed by atoms with Gasteiger partial charge in [0.25, 0.3) is 0 Å². The van der Waals surface area contributed by atoms with Crippen LogP contribution in [0.3, 0.4) is 0 Å². The second-order valence-electron chi connectivity index (χ2n) is 6.66. The molecule has 0 saturated heterocycles. The van der Waals surface area contributed by atoms with E-state index in [1.54, 1.807) is 30.2 Å². The first-order valence-corrected chi connectivity index (χ1v) is 9.20. The van der Waals surface area contributed by atoms with Crippen LogP contribution in [0.4, 0.5) is 10.5 Å². The third-order valence-electron chi connectivity index (χ3n) is 4.53. The molecule has 1 N–H and O–H groups in total. The number of aryl methyl sites for hydroxylation is 1. The van der Waals surface area contributed by atoms with Gasteiger partial charge in [0, 0.05) is 13.0 Å². The minimum Gasteiger partial charge on any atom is -0.495 e. The second-order valence-corrected chi connectivity index (χ2v) is 6.66. The lowest BCUT2D eigenvalue weighted by Gasteiger charge is -2.24. The number of hydrogen-bond acceptors (Lipinski definition) is 4. The lowest BCUT2D eigenvalue weighted by atomic mass is 10.0. The van der Waals surface area contributed by atoms with Crippen LogP contribution in [0.15, 0.2) is 66.3 Å². The number of anilines is 1. The van der Waals surface area contributed by atoms with E-state index in [9.17, 15) is 4.79 Å². The van der Waals surface area contributed by atoms with Crippen LogP contribution in [-0.4, -0.2) is 42.9 Å². The molecule has 6 heteroatoms. The van der Waals surface area contributed by atoms with E-state index in [1.165, 1.54) is 5.56 Å². The minimum absolute atomic E-state index is 0.195. The van der Waals surface area contributed by atoms with Crippen molar-refractivity contribution in [3.63, 3.8) is 0 Å². The SMILES string of the molecule is C=CCN(C[C@@H]1CC(c2ccc(C)cc2)=NO1)C(=O)Nc1ccccc1OC. The van der Waals surface area contributed by atoms with Crippen LogP contribution in [0.2, 0.25) is 0 Å². The Morgan fingerprint density at radius 2 is 2.07 bits per heavy atom. The van der Waals surface area contributed by atoms with Gasteiger partial charge in [-0.25, -0.2) is 4.79 Å². The van der Waals surface area contributed by atoms with E-state index in [2.05, 4.69) is 29.2 Å². The number of ether oxygens (including phenoxy) is 1. The number of urea groups is 1. The molecule has 0 bridgehead atoms. The van der Waals surface area contributed by atoms with Crippen molar-refractivity contribution in [2.24, 2.45) is 5.16 Å². The quantitative estimate of drug-likeness (QED) is 0.733. The summed E-state index contributed by atoms with van der Waals surface area (Å²) in [6.45, 7) is 6.61. The first kappa shape index (κ1) is 19.5. The van der Waals surface area contributed by atoms with Gasteiger partial charge in [0.2, 0.25) is 0 Å².